The number of rotatable bonds is 8. The van der Waals surface area contributed by atoms with Crippen LogP contribution in [0.1, 0.15) is 22.3 Å². The lowest BCUT2D eigenvalue weighted by atomic mass is 9.99. The number of benzene rings is 2. The van der Waals surface area contributed by atoms with Crippen molar-refractivity contribution in [2.45, 2.75) is 43.5 Å². The van der Waals surface area contributed by atoms with Crippen molar-refractivity contribution < 1.29 is 44.9 Å². The molecule has 0 amide bonds. The molecule has 2 aromatic carbocycles. The first-order chi connectivity index (χ1) is 15.7. The number of Topliss-reactive ketones (excluding diaryl/α,β-unsaturated/α-hetero) is 1. The van der Waals surface area contributed by atoms with Crippen molar-refractivity contribution in [3.05, 3.63) is 58.0 Å². The second kappa shape index (κ2) is 10.5. The first kappa shape index (κ1) is 24.3. The van der Waals surface area contributed by atoms with Crippen molar-refractivity contribution in [3.8, 4) is 17.2 Å². The zero-order valence-electron chi connectivity index (χ0n) is 17.2. The van der Waals surface area contributed by atoms with E-state index in [9.17, 15) is 35.4 Å². The summed E-state index contributed by atoms with van der Waals surface area (Å²) in [6.45, 7) is -0.680. The number of hydrogen-bond acceptors (Lipinski definition) is 10. The van der Waals surface area contributed by atoms with Crippen molar-refractivity contribution >= 4 is 11.5 Å². The van der Waals surface area contributed by atoms with Gasteiger partial charge in [-0.25, -0.2) is 0 Å². The number of aliphatic hydroxyl groups excluding tert-OH is 4. The molecule has 1 saturated heterocycles. The molecule has 0 bridgehead atoms. The molecule has 1 aliphatic rings. The molecule has 3 rings (SSSR count). The van der Waals surface area contributed by atoms with Crippen LogP contribution in [0.15, 0.2) is 41.5 Å². The Morgan fingerprint density at radius 2 is 1.79 bits per heavy atom. The van der Waals surface area contributed by atoms with Gasteiger partial charge in [0, 0.05) is 29.2 Å². The van der Waals surface area contributed by atoms with Gasteiger partial charge in [0.25, 0.3) is 0 Å². The number of carbonyl (C=O) groups is 1. The van der Waals surface area contributed by atoms with E-state index in [1.54, 1.807) is 24.3 Å². The van der Waals surface area contributed by atoms with Gasteiger partial charge in [0.2, 0.25) is 6.29 Å². The molecule has 3 unspecified atom stereocenters. The van der Waals surface area contributed by atoms with Crippen molar-refractivity contribution in [1.29, 1.82) is 0 Å². The number of azide groups is 1. The maximum atomic E-state index is 12.9. The molecule has 1 aliphatic heterocycles. The first-order valence-corrected chi connectivity index (χ1v) is 9.95. The Kier molecular flexibility index (Phi) is 7.71. The number of ketones is 1. The summed E-state index contributed by atoms with van der Waals surface area (Å²) in [5.41, 5.74) is 9.34. The van der Waals surface area contributed by atoms with E-state index in [0.29, 0.717) is 5.69 Å². The molecular weight excluding hydrogens is 438 g/mol. The number of nitrogens with zero attached hydrogens (tertiary/aromatic N) is 3. The van der Waals surface area contributed by atoms with Crippen LogP contribution in [0.4, 0.5) is 5.69 Å². The summed E-state index contributed by atoms with van der Waals surface area (Å²) in [5.74, 6) is -1.87. The van der Waals surface area contributed by atoms with Gasteiger partial charge in [-0.15, -0.1) is 0 Å². The van der Waals surface area contributed by atoms with Gasteiger partial charge in [0.15, 0.2) is 5.78 Å². The highest BCUT2D eigenvalue weighted by atomic mass is 16.7. The van der Waals surface area contributed by atoms with E-state index in [1.807, 2.05) is 0 Å². The highest BCUT2D eigenvalue weighted by Crippen LogP contribution is 2.36. The predicted octanol–water partition coefficient (Wildman–Crippen LogP) is 1.03. The minimum atomic E-state index is -1.75. The van der Waals surface area contributed by atoms with Gasteiger partial charge in [0.05, 0.1) is 6.61 Å². The number of aliphatic hydroxyl groups is 4. The third kappa shape index (κ3) is 5.52. The van der Waals surface area contributed by atoms with Gasteiger partial charge in [-0.1, -0.05) is 29.4 Å². The van der Waals surface area contributed by atoms with Gasteiger partial charge in [-0.2, -0.15) is 0 Å². The number of phenols is 2. The van der Waals surface area contributed by atoms with E-state index in [2.05, 4.69) is 10.0 Å². The Balaban J connectivity index is 1.80. The van der Waals surface area contributed by atoms with Gasteiger partial charge in [0.1, 0.15) is 47.2 Å². The maximum absolute atomic E-state index is 12.9. The fourth-order valence-electron chi connectivity index (χ4n) is 3.41. The zero-order chi connectivity index (χ0) is 24.1. The van der Waals surface area contributed by atoms with E-state index in [0.717, 1.165) is 17.7 Å². The second-order valence-corrected chi connectivity index (χ2v) is 7.43. The summed E-state index contributed by atoms with van der Waals surface area (Å²) in [7, 11) is 0. The van der Waals surface area contributed by atoms with Gasteiger partial charge in [-0.05, 0) is 17.5 Å². The Morgan fingerprint density at radius 1 is 1.09 bits per heavy atom. The number of carbonyl (C=O) groups excluding carboxylic acids is 1. The van der Waals surface area contributed by atoms with Crippen molar-refractivity contribution in [3.63, 3.8) is 0 Å². The van der Waals surface area contributed by atoms with Crippen molar-refractivity contribution in [2.75, 3.05) is 6.61 Å². The molecule has 2 aromatic rings. The summed E-state index contributed by atoms with van der Waals surface area (Å²) in [6.07, 6.45) is -7.70. The smallest absolute Gasteiger partial charge is 0.229 e. The van der Waals surface area contributed by atoms with E-state index >= 15 is 0 Å². The molecule has 5 atom stereocenters. The highest BCUT2D eigenvalue weighted by Gasteiger charge is 2.45. The molecule has 1 heterocycles. The Labute approximate surface area is 187 Å². The SMILES string of the molecule is [N-]=[N+]=Nc1ccc(CCC(=O)c2c(O)cc(O)cc2O[C@@H]2OC(CO)[C@@H](O)C(O)C2O)cc1. The van der Waals surface area contributed by atoms with Gasteiger partial charge in [-0.3, -0.25) is 4.79 Å². The maximum Gasteiger partial charge on any atom is 0.229 e. The molecule has 176 valence electrons. The first-order valence-electron chi connectivity index (χ1n) is 9.95. The second-order valence-electron chi connectivity index (χ2n) is 7.43. The van der Waals surface area contributed by atoms with Crippen LogP contribution in [0.2, 0.25) is 0 Å². The average Bonchev–Trinajstić information content (AvgIpc) is 2.78. The molecule has 12 nitrogen and oxygen atoms in total. The van der Waals surface area contributed by atoms with Crippen molar-refractivity contribution in [2.24, 2.45) is 5.11 Å². The molecule has 0 spiro atoms. The molecule has 6 N–H and O–H groups in total. The van der Waals surface area contributed by atoms with Crippen LogP contribution in [0.5, 0.6) is 17.2 Å². The number of aryl methyl sites for hydroxylation is 1. The molecule has 0 aliphatic carbocycles. The van der Waals surface area contributed by atoms with Crippen LogP contribution in [-0.4, -0.2) is 73.7 Å². The van der Waals surface area contributed by atoms with E-state index in [-0.39, 0.29) is 24.2 Å². The summed E-state index contributed by atoms with van der Waals surface area (Å²) < 4.78 is 10.8. The van der Waals surface area contributed by atoms with Crippen LogP contribution in [-0.2, 0) is 11.2 Å². The van der Waals surface area contributed by atoms with Gasteiger partial charge >= 0.3 is 0 Å². The molecule has 1 fully saturated rings. The third-order valence-corrected chi connectivity index (χ3v) is 5.17. The largest absolute Gasteiger partial charge is 0.508 e. The zero-order valence-corrected chi connectivity index (χ0v) is 17.2. The average molecular weight is 461 g/mol. The summed E-state index contributed by atoms with van der Waals surface area (Å²) >= 11 is 0. The van der Waals surface area contributed by atoms with E-state index in [1.165, 1.54) is 0 Å². The normalized spacial score (nSPS) is 24.7. The Morgan fingerprint density at radius 3 is 2.42 bits per heavy atom. The Bertz CT molecular complexity index is 1040. The lowest BCUT2D eigenvalue weighted by Crippen LogP contribution is -2.60. The number of aromatic hydroxyl groups is 2. The fourth-order valence-corrected chi connectivity index (χ4v) is 3.41. The molecule has 12 heteroatoms. The lowest BCUT2D eigenvalue weighted by molar-refractivity contribution is -0.277. The topological polar surface area (TPSA) is 206 Å². The Hall–Kier alpha value is -3.38. The fraction of sp³-hybridized carbons (Fsp3) is 0.381. The predicted molar refractivity (Wildman–Crippen MR) is 112 cm³/mol. The molecular formula is C21H23N3O9. The summed E-state index contributed by atoms with van der Waals surface area (Å²) in [6, 6.07) is 8.51. The third-order valence-electron chi connectivity index (χ3n) is 5.17. The van der Waals surface area contributed by atoms with Crippen LogP contribution in [0.25, 0.3) is 10.4 Å². The lowest BCUT2D eigenvalue weighted by Gasteiger charge is -2.39. The number of ether oxygens (including phenoxy) is 2. The van der Waals surface area contributed by atoms with Gasteiger partial charge < -0.3 is 40.1 Å². The van der Waals surface area contributed by atoms with E-state index in [4.69, 9.17) is 15.0 Å². The number of hydrogen-bond donors (Lipinski definition) is 6. The van der Waals surface area contributed by atoms with E-state index < -0.39 is 54.6 Å². The molecule has 0 aromatic heterocycles. The monoisotopic (exact) mass is 461 g/mol. The quantitative estimate of drug-likeness (QED) is 0.143. The highest BCUT2D eigenvalue weighted by molar-refractivity contribution is 6.01. The molecule has 0 radical (unpaired) electrons. The van der Waals surface area contributed by atoms with Crippen molar-refractivity contribution in [1.82, 2.24) is 0 Å². The van der Waals surface area contributed by atoms with Crippen LogP contribution >= 0.6 is 0 Å². The minimum Gasteiger partial charge on any atom is -0.508 e. The minimum absolute atomic E-state index is 0.0652. The van der Waals surface area contributed by atoms with Crippen LogP contribution < -0.4 is 4.74 Å². The summed E-state index contributed by atoms with van der Waals surface area (Å²) in [4.78, 5) is 15.6. The molecule has 33 heavy (non-hydrogen) atoms. The summed E-state index contributed by atoms with van der Waals surface area (Å²) in [5, 5.41) is 62.9. The molecule has 0 saturated carbocycles. The standard InChI is InChI=1S/C21H23N3O9/c22-24-23-11-4-1-10(2-5-11)3-6-13(27)17-14(28)7-12(26)8-15(17)32-21-20(31)19(30)18(29)16(9-25)33-21/h1-2,4-5,7-8,16,18-21,25-26,28-31H,3,6,9H2/t16?,18-,19?,20?,21-/m1/s1. The van der Waals surface area contributed by atoms with Crippen LogP contribution in [0, 0.1) is 0 Å². The van der Waals surface area contributed by atoms with Crippen LogP contribution in [0.3, 0.4) is 0 Å². The number of phenolic OH excluding ortho intramolecular Hbond substituents is 2.